The van der Waals surface area contributed by atoms with E-state index in [1.807, 2.05) is 6.92 Å². The SMILES string of the molecule is CCNCC(C)(O)c1ccc(Cl)cc1Cl. The molecule has 0 spiro atoms. The van der Waals surface area contributed by atoms with E-state index in [0.29, 0.717) is 22.2 Å². The Hall–Kier alpha value is -0.280. The molecule has 1 rings (SSSR count). The maximum atomic E-state index is 10.2. The van der Waals surface area contributed by atoms with Gasteiger partial charge in [-0.25, -0.2) is 0 Å². The lowest BCUT2D eigenvalue weighted by atomic mass is 9.96. The van der Waals surface area contributed by atoms with Gasteiger partial charge in [-0.05, 0) is 25.6 Å². The number of hydrogen-bond donors (Lipinski definition) is 2. The Morgan fingerprint density at radius 2 is 2.07 bits per heavy atom. The first-order valence-corrected chi connectivity index (χ1v) is 5.61. The highest BCUT2D eigenvalue weighted by atomic mass is 35.5. The standard InChI is InChI=1S/C11H15Cl2NO/c1-3-14-7-11(2,15)9-5-4-8(12)6-10(9)13/h4-6,14-15H,3,7H2,1-2H3. The van der Waals surface area contributed by atoms with Gasteiger partial charge in [0, 0.05) is 22.2 Å². The van der Waals surface area contributed by atoms with Crippen LogP contribution in [-0.4, -0.2) is 18.2 Å². The lowest BCUT2D eigenvalue weighted by Gasteiger charge is -2.25. The van der Waals surface area contributed by atoms with Crippen molar-refractivity contribution in [1.82, 2.24) is 5.32 Å². The zero-order valence-corrected chi connectivity index (χ0v) is 10.4. The molecule has 15 heavy (non-hydrogen) atoms. The molecule has 0 bridgehead atoms. The van der Waals surface area contributed by atoms with Gasteiger partial charge in [0.05, 0.1) is 0 Å². The first kappa shape index (κ1) is 12.8. The zero-order valence-electron chi connectivity index (χ0n) is 8.85. The van der Waals surface area contributed by atoms with Gasteiger partial charge in [0.25, 0.3) is 0 Å². The number of likely N-dealkylation sites (N-methyl/N-ethyl adjacent to an activating group) is 1. The van der Waals surface area contributed by atoms with Crippen molar-refractivity contribution >= 4 is 23.2 Å². The van der Waals surface area contributed by atoms with Crippen molar-refractivity contribution in [2.24, 2.45) is 0 Å². The van der Waals surface area contributed by atoms with Crippen LogP contribution in [0.5, 0.6) is 0 Å². The van der Waals surface area contributed by atoms with E-state index in [1.54, 1.807) is 25.1 Å². The summed E-state index contributed by atoms with van der Waals surface area (Å²) in [6.45, 7) is 4.98. The normalized spacial score (nSPS) is 15.0. The van der Waals surface area contributed by atoms with Crippen molar-refractivity contribution in [2.75, 3.05) is 13.1 Å². The second-order valence-corrected chi connectivity index (χ2v) is 4.52. The minimum Gasteiger partial charge on any atom is -0.384 e. The highest BCUT2D eigenvalue weighted by molar-refractivity contribution is 6.35. The van der Waals surface area contributed by atoms with Gasteiger partial charge in [0.2, 0.25) is 0 Å². The van der Waals surface area contributed by atoms with Crippen LogP contribution in [0.4, 0.5) is 0 Å². The molecule has 4 heteroatoms. The summed E-state index contributed by atoms with van der Waals surface area (Å²) in [4.78, 5) is 0. The van der Waals surface area contributed by atoms with E-state index >= 15 is 0 Å². The quantitative estimate of drug-likeness (QED) is 0.858. The number of rotatable bonds is 4. The molecule has 1 aromatic rings. The van der Waals surface area contributed by atoms with Crippen molar-refractivity contribution in [1.29, 1.82) is 0 Å². The molecule has 84 valence electrons. The van der Waals surface area contributed by atoms with Gasteiger partial charge in [-0.15, -0.1) is 0 Å². The van der Waals surface area contributed by atoms with Crippen LogP contribution < -0.4 is 5.32 Å². The van der Waals surface area contributed by atoms with Gasteiger partial charge in [-0.3, -0.25) is 0 Å². The number of benzene rings is 1. The van der Waals surface area contributed by atoms with Gasteiger partial charge >= 0.3 is 0 Å². The Morgan fingerprint density at radius 3 is 2.60 bits per heavy atom. The molecule has 0 heterocycles. The van der Waals surface area contributed by atoms with E-state index in [4.69, 9.17) is 23.2 Å². The molecule has 2 nitrogen and oxygen atoms in total. The Kier molecular flexibility index (Phi) is 4.41. The summed E-state index contributed by atoms with van der Waals surface area (Å²) in [5.74, 6) is 0. The van der Waals surface area contributed by atoms with Crippen molar-refractivity contribution in [3.63, 3.8) is 0 Å². The fourth-order valence-corrected chi connectivity index (χ4v) is 2.00. The molecule has 0 aromatic heterocycles. The number of hydrogen-bond acceptors (Lipinski definition) is 2. The smallest absolute Gasteiger partial charge is 0.101 e. The van der Waals surface area contributed by atoms with Gasteiger partial charge in [0.15, 0.2) is 0 Å². The molecule has 0 aliphatic rings. The average molecular weight is 248 g/mol. The summed E-state index contributed by atoms with van der Waals surface area (Å²) >= 11 is 11.8. The number of aliphatic hydroxyl groups is 1. The van der Waals surface area contributed by atoms with Crippen LogP contribution >= 0.6 is 23.2 Å². The summed E-state index contributed by atoms with van der Waals surface area (Å²) < 4.78 is 0. The number of halogens is 2. The summed E-state index contributed by atoms with van der Waals surface area (Å²) in [5, 5.41) is 14.3. The third kappa shape index (κ3) is 3.35. The van der Waals surface area contributed by atoms with Crippen molar-refractivity contribution < 1.29 is 5.11 Å². The highest BCUT2D eigenvalue weighted by Gasteiger charge is 2.24. The maximum absolute atomic E-state index is 10.2. The lowest BCUT2D eigenvalue weighted by molar-refractivity contribution is 0.0577. The fraction of sp³-hybridized carbons (Fsp3) is 0.455. The van der Waals surface area contributed by atoms with Crippen LogP contribution in [0.1, 0.15) is 19.4 Å². The summed E-state index contributed by atoms with van der Waals surface area (Å²) in [6.07, 6.45) is 0. The molecule has 0 fully saturated rings. The van der Waals surface area contributed by atoms with E-state index < -0.39 is 5.60 Å². The van der Waals surface area contributed by atoms with Crippen LogP contribution in [0.2, 0.25) is 10.0 Å². The van der Waals surface area contributed by atoms with Crippen molar-refractivity contribution in [2.45, 2.75) is 19.4 Å². The Labute approximate surface area is 100 Å². The Morgan fingerprint density at radius 1 is 1.40 bits per heavy atom. The Bertz CT molecular complexity index is 339. The largest absolute Gasteiger partial charge is 0.384 e. The molecule has 1 unspecified atom stereocenters. The first-order chi connectivity index (χ1) is 6.97. The predicted octanol–water partition coefficient (Wildman–Crippen LogP) is 2.81. The van der Waals surface area contributed by atoms with Gasteiger partial charge < -0.3 is 10.4 Å². The monoisotopic (exact) mass is 247 g/mol. The van der Waals surface area contributed by atoms with E-state index in [1.165, 1.54) is 0 Å². The summed E-state index contributed by atoms with van der Waals surface area (Å²) in [7, 11) is 0. The fourth-order valence-electron chi connectivity index (χ4n) is 1.39. The molecule has 1 aromatic carbocycles. The molecule has 0 amide bonds. The van der Waals surface area contributed by atoms with Crippen LogP contribution in [0.15, 0.2) is 18.2 Å². The minimum atomic E-state index is -0.975. The molecule has 0 radical (unpaired) electrons. The van der Waals surface area contributed by atoms with Gasteiger partial charge in [-0.2, -0.15) is 0 Å². The van der Waals surface area contributed by atoms with E-state index in [2.05, 4.69) is 5.32 Å². The summed E-state index contributed by atoms with van der Waals surface area (Å²) in [5.41, 5.74) is -0.285. The van der Waals surface area contributed by atoms with Crippen molar-refractivity contribution in [3.05, 3.63) is 33.8 Å². The molecule has 0 aliphatic carbocycles. The van der Waals surface area contributed by atoms with Crippen LogP contribution in [0, 0.1) is 0 Å². The highest BCUT2D eigenvalue weighted by Crippen LogP contribution is 2.29. The molecule has 0 aliphatic heterocycles. The molecule has 0 saturated heterocycles. The van der Waals surface area contributed by atoms with Crippen LogP contribution in [-0.2, 0) is 5.60 Å². The third-order valence-electron chi connectivity index (χ3n) is 2.23. The maximum Gasteiger partial charge on any atom is 0.101 e. The summed E-state index contributed by atoms with van der Waals surface area (Å²) in [6, 6.07) is 5.12. The minimum absolute atomic E-state index is 0.463. The molecule has 2 N–H and O–H groups in total. The van der Waals surface area contributed by atoms with E-state index in [9.17, 15) is 5.11 Å². The second-order valence-electron chi connectivity index (χ2n) is 3.68. The molecular weight excluding hydrogens is 233 g/mol. The van der Waals surface area contributed by atoms with Crippen molar-refractivity contribution in [3.8, 4) is 0 Å². The molecular formula is C11H15Cl2NO. The average Bonchev–Trinajstić information content (AvgIpc) is 2.14. The number of nitrogens with one attached hydrogen (secondary N) is 1. The Balaban J connectivity index is 2.93. The predicted molar refractivity (Wildman–Crippen MR) is 64.6 cm³/mol. The molecule has 0 saturated carbocycles. The second kappa shape index (κ2) is 5.17. The third-order valence-corrected chi connectivity index (χ3v) is 2.78. The molecule has 1 atom stereocenters. The van der Waals surface area contributed by atoms with Crippen LogP contribution in [0.3, 0.4) is 0 Å². The van der Waals surface area contributed by atoms with E-state index in [0.717, 1.165) is 6.54 Å². The first-order valence-electron chi connectivity index (χ1n) is 4.86. The lowest BCUT2D eigenvalue weighted by Crippen LogP contribution is -2.35. The van der Waals surface area contributed by atoms with Crippen LogP contribution in [0.25, 0.3) is 0 Å². The van der Waals surface area contributed by atoms with Gasteiger partial charge in [-0.1, -0.05) is 36.2 Å². The van der Waals surface area contributed by atoms with Gasteiger partial charge in [0.1, 0.15) is 5.60 Å². The topological polar surface area (TPSA) is 32.3 Å². The van der Waals surface area contributed by atoms with E-state index in [-0.39, 0.29) is 0 Å². The zero-order chi connectivity index (χ0) is 11.5.